The third kappa shape index (κ3) is 6.03. The van der Waals surface area contributed by atoms with Gasteiger partial charge in [0, 0.05) is 22.2 Å². The maximum atomic E-state index is 12.8. The van der Waals surface area contributed by atoms with Crippen LogP contribution in [0.2, 0.25) is 5.02 Å². The first-order valence-corrected chi connectivity index (χ1v) is 12.1. The molecule has 1 N–H and O–H groups in total. The van der Waals surface area contributed by atoms with E-state index in [-0.39, 0.29) is 11.2 Å². The van der Waals surface area contributed by atoms with Crippen molar-refractivity contribution in [2.24, 2.45) is 0 Å². The Kier molecular flexibility index (Phi) is 8.24. The minimum Gasteiger partial charge on any atom is -0.325 e. The lowest BCUT2D eigenvalue weighted by Gasteiger charge is -2.15. The quantitative estimate of drug-likeness (QED) is 0.393. The molecule has 158 valence electrons. The maximum absolute atomic E-state index is 12.8. The summed E-state index contributed by atoms with van der Waals surface area (Å²) in [5, 5.41) is 12.9. The van der Waals surface area contributed by atoms with E-state index in [1.54, 1.807) is 36.0 Å². The number of hydrogen-bond acceptors (Lipinski definition) is 5. The fraction of sp³-hybridized carbons (Fsp3) is 0.318. The molecule has 0 aliphatic rings. The van der Waals surface area contributed by atoms with E-state index < -0.39 is 0 Å². The second kappa shape index (κ2) is 10.9. The summed E-state index contributed by atoms with van der Waals surface area (Å²) in [7, 11) is 0. The van der Waals surface area contributed by atoms with Gasteiger partial charge in [0.15, 0.2) is 5.16 Å². The van der Waals surface area contributed by atoms with Crippen LogP contribution < -0.4 is 5.32 Å². The molecule has 0 aliphatic heterocycles. The lowest BCUT2D eigenvalue weighted by molar-refractivity contribution is -0.115. The van der Waals surface area contributed by atoms with E-state index in [0.29, 0.717) is 11.4 Å². The smallest absolute Gasteiger partial charge is 0.237 e. The van der Waals surface area contributed by atoms with Crippen LogP contribution in [0.15, 0.2) is 58.6 Å². The first kappa shape index (κ1) is 22.7. The number of halogens is 1. The van der Waals surface area contributed by atoms with Crippen molar-refractivity contribution in [3.8, 4) is 0 Å². The van der Waals surface area contributed by atoms with Crippen molar-refractivity contribution in [1.29, 1.82) is 0 Å². The predicted molar refractivity (Wildman–Crippen MR) is 126 cm³/mol. The summed E-state index contributed by atoms with van der Waals surface area (Å²) in [4.78, 5) is 14.0. The number of amides is 1. The largest absolute Gasteiger partial charge is 0.325 e. The van der Waals surface area contributed by atoms with Gasteiger partial charge in [-0.3, -0.25) is 4.79 Å². The third-order valence-electron chi connectivity index (χ3n) is 4.52. The lowest BCUT2D eigenvalue weighted by Crippen LogP contribution is -2.25. The number of aromatic nitrogens is 3. The number of hydrogen-bond donors (Lipinski definition) is 1. The molecule has 30 heavy (non-hydrogen) atoms. The van der Waals surface area contributed by atoms with Gasteiger partial charge in [0.2, 0.25) is 5.91 Å². The van der Waals surface area contributed by atoms with Crippen molar-refractivity contribution in [2.75, 3.05) is 5.32 Å². The molecule has 3 rings (SSSR count). The van der Waals surface area contributed by atoms with E-state index >= 15 is 0 Å². The number of nitrogens with zero attached hydrogens (tertiary/aromatic N) is 3. The molecule has 2 aromatic carbocycles. The van der Waals surface area contributed by atoms with Crippen LogP contribution in [-0.2, 0) is 17.1 Å². The molecule has 1 amide bonds. The molecule has 0 aliphatic carbocycles. The molecule has 0 fully saturated rings. The SMILES string of the molecule is CCC(Sc1nnc(CSc2ccc(C)cc2)n1CC)C(=O)Nc1ccc(Cl)cc1. The van der Waals surface area contributed by atoms with Gasteiger partial charge in [0.25, 0.3) is 0 Å². The fourth-order valence-corrected chi connectivity index (χ4v) is 4.82. The second-order valence-corrected chi connectivity index (χ2v) is 9.41. The zero-order valence-corrected chi connectivity index (χ0v) is 19.7. The average molecular weight is 461 g/mol. The number of carbonyl (C=O) groups is 1. The van der Waals surface area contributed by atoms with Gasteiger partial charge in [-0.05, 0) is 56.7 Å². The zero-order valence-electron chi connectivity index (χ0n) is 17.3. The van der Waals surface area contributed by atoms with Crippen LogP contribution in [0.1, 0.15) is 31.7 Å². The number of thioether (sulfide) groups is 2. The highest BCUT2D eigenvalue weighted by molar-refractivity contribution is 8.00. The molecule has 8 heteroatoms. The van der Waals surface area contributed by atoms with E-state index in [2.05, 4.69) is 58.2 Å². The summed E-state index contributed by atoms with van der Waals surface area (Å²) in [6.45, 7) is 6.91. The normalized spacial score (nSPS) is 12.0. The Labute approximate surface area is 191 Å². The van der Waals surface area contributed by atoms with Crippen LogP contribution in [0.4, 0.5) is 5.69 Å². The first-order chi connectivity index (χ1) is 14.5. The van der Waals surface area contributed by atoms with Gasteiger partial charge in [0.05, 0.1) is 11.0 Å². The molecule has 0 saturated carbocycles. The number of benzene rings is 2. The summed E-state index contributed by atoms with van der Waals surface area (Å²) in [6.07, 6.45) is 0.689. The van der Waals surface area contributed by atoms with Gasteiger partial charge in [0.1, 0.15) is 5.82 Å². The fourth-order valence-electron chi connectivity index (χ4n) is 2.82. The standard InChI is InChI=1S/C22H25ClN4OS2/c1-4-19(21(28)24-17-10-8-16(23)9-11-17)30-22-26-25-20(27(22)5-2)14-29-18-12-6-15(3)7-13-18/h6-13,19H,4-5,14H2,1-3H3,(H,24,28). The number of rotatable bonds is 9. The van der Waals surface area contributed by atoms with Crippen molar-refractivity contribution < 1.29 is 4.79 Å². The molecule has 1 aromatic heterocycles. The van der Waals surface area contributed by atoms with Crippen molar-refractivity contribution in [3.63, 3.8) is 0 Å². The summed E-state index contributed by atoms with van der Waals surface area (Å²) >= 11 is 9.11. The third-order valence-corrected chi connectivity index (χ3v) is 7.13. The molecule has 0 saturated heterocycles. The molecule has 3 aromatic rings. The molecular weight excluding hydrogens is 436 g/mol. The van der Waals surface area contributed by atoms with Crippen LogP contribution in [0.3, 0.4) is 0 Å². The Morgan fingerprint density at radius 2 is 1.80 bits per heavy atom. The molecular formula is C22H25ClN4OS2. The number of carbonyl (C=O) groups excluding carboxylic acids is 1. The maximum Gasteiger partial charge on any atom is 0.237 e. The van der Waals surface area contributed by atoms with Crippen molar-refractivity contribution >= 4 is 46.7 Å². The van der Waals surface area contributed by atoms with E-state index in [1.165, 1.54) is 22.2 Å². The highest BCUT2D eigenvalue weighted by Crippen LogP contribution is 2.28. The van der Waals surface area contributed by atoms with Crippen molar-refractivity contribution in [2.45, 2.75) is 54.8 Å². The van der Waals surface area contributed by atoms with Gasteiger partial charge in [-0.2, -0.15) is 0 Å². The topological polar surface area (TPSA) is 59.8 Å². The van der Waals surface area contributed by atoms with Gasteiger partial charge in [-0.25, -0.2) is 0 Å². The Hall–Kier alpha value is -1.96. The predicted octanol–water partition coefficient (Wildman–Crippen LogP) is 6.06. The van der Waals surface area contributed by atoms with Crippen LogP contribution in [0.5, 0.6) is 0 Å². The Morgan fingerprint density at radius 3 is 2.43 bits per heavy atom. The zero-order chi connectivity index (χ0) is 21.5. The molecule has 0 spiro atoms. The molecule has 0 radical (unpaired) electrons. The van der Waals surface area contributed by atoms with Crippen LogP contribution in [0, 0.1) is 6.92 Å². The van der Waals surface area contributed by atoms with Gasteiger partial charge < -0.3 is 9.88 Å². The monoisotopic (exact) mass is 460 g/mol. The highest BCUT2D eigenvalue weighted by Gasteiger charge is 2.22. The lowest BCUT2D eigenvalue weighted by atomic mass is 10.2. The van der Waals surface area contributed by atoms with E-state index in [1.807, 2.05) is 6.92 Å². The van der Waals surface area contributed by atoms with Crippen LogP contribution in [0.25, 0.3) is 0 Å². The van der Waals surface area contributed by atoms with E-state index in [9.17, 15) is 4.79 Å². The molecule has 1 unspecified atom stereocenters. The van der Waals surface area contributed by atoms with Gasteiger partial charge >= 0.3 is 0 Å². The number of aryl methyl sites for hydroxylation is 1. The Bertz CT molecular complexity index is 974. The van der Waals surface area contributed by atoms with E-state index in [0.717, 1.165) is 29.0 Å². The number of nitrogens with one attached hydrogen (secondary N) is 1. The molecule has 1 heterocycles. The van der Waals surface area contributed by atoms with Gasteiger partial charge in [-0.1, -0.05) is 48.0 Å². The van der Waals surface area contributed by atoms with Crippen LogP contribution >= 0.6 is 35.1 Å². The van der Waals surface area contributed by atoms with E-state index in [4.69, 9.17) is 11.6 Å². The average Bonchev–Trinajstić information content (AvgIpc) is 3.14. The molecule has 0 bridgehead atoms. The minimum absolute atomic E-state index is 0.0499. The summed E-state index contributed by atoms with van der Waals surface area (Å²) in [6, 6.07) is 15.6. The summed E-state index contributed by atoms with van der Waals surface area (Å²) in [5.74, 6) is 1.60. The first-order valence-electron chi connectivity index (χ1n) is 9.84. The molecule has 1 atom stereocenters. The van der Waals surface area contributed by atoms with Gasteiger partial charge in [-0.15, -0.1) is 22.0 Å². The number of anilines is 1. The second-order valence-electron chi connectivity index (χ2n) is 6.76. The minimum atomic E-state index is -0.257. The Balaban J connectivity index is 1.66. The van der Waals surface area contributed by atoms with Crippen molar-refractivity contribution in [3.05, 3.63) is 64.9 Å². The highest BCUT2D eigenvalue weighted by atomic mass is 35.5. The molecule has 5 nitrogen and oxygen atoms in total. The Morgan fingerprint density at radius 1 is 1.10 bits per heavy atom. The summed E-state index contributed by atoms with van der Waals surface area (Å²) in [5.41, 5.74) is 1.98. The van der Waals surface area contributed by atoms with Crippen LogP contribution in [-0.4, -0.2) is 25.9 Å². The summed E-state index contributed by atoms with van der Waals surface area (Å²) < 4.78 is 2.09. The van der Waals surface area contributed by atoms with Crippen molar-refractivity contribution in [1.82, 2.24) is 14.8 Å².